The van der Waals surface area contributed by atoms with Crippen LogP contribution >= 0.6 is 0 Å². The van der Waals surface area contributed by atoms with Gasteiger partial charge < -0.3 is 29.6 Å². The van der Waals surface area contributed by atoms with Crippen LogP contribution in [0.2, 0.25) is 0 Å². The molecule has 1 aliphatic rings. The fourth-order valence-electron chi connectivity index (χ4n) is 4.12. The molecule has 3 aromatic rings. The smallest absolute Gasteiger partial charge is 0.490 e. The number of rotatable bonds is 5. The zero-order valence-corrected chi connectivity index (χ0v) is 20.1. The molecule has 13 heteroatoms. The van der Waals surface area contributed by atoms with Gasteiger partial charge in [0.05, 0.1) is 18.9 Å². The van der Waals surface area contributed by atoms with Gasteiger partial charge in [-0.2, -0.15) is 13.2 Å². The summed E-state index contributed by atoms with van der Waals surface area (Å²) in [7, 11) is 2.03. The van der Waals surface area contributed by atoms with E-state index >= 15 is 0 Å². The predicted octanol–water partition coefficient (Wildman–Crippen LogP) is 2.97. The second-order valence-corrected chi connectivity index (χ2v) is 8.35. The monoisotopic (exact) mass is 525 g/mol. The van der Waals surface area contributed by atoms with E-state index in [0.717, 1.165) is 49.3 Å². The molecule has 3 heterocycles. The number of fused-ring (bicyclic) bond motifs is 1. The second-order valence-electron chi connectivity index (χ2n) is 8.35. The van der Waals surface area contributed by atoms with Crippen molar-refractivity contribution in [3.8, 4) is 17.0 Å². The fraction of sp³-hybridized carbons (Fsp3) is 0.375. The Morgan fingerprint density at radius 3 is 2.30 bits per heavy atom. The summed E-state index contributed by atoms with van der Waals surface area (Å²) in [6.07, 6.45) is -4.70. The normalized spacial score (nSPS) is 14.3. The van der Waals surface area contributed by atoms with Crippen molar-refractivity contribution >= 4 is 22.8 Å². The fourth-order valence-corrected chi connectivity index (χ4v) is 4.12. The van der Waals surface area contributed by atoms with Gasteiger partial charge in [-0.15, -0.1) is 0 Å². The minimum absolute atomic E-state index is 0.382. The number of carbonyl (C=O) groups is 2. The summed E-state index contributed by atoms with van der Waals surface area (Å²) in [5.74, 6) is -4.67. The van der Waals surface area contributed by atoms with Gasteiger partial charge in [0, 0.05) is 48.8 Å². The third-order valence-electron chi connectivity index (χ3n) is 6.02. The lowest BCUT2D eigenvalue weighted by atomic mass is 9.99. The van der Waals surface area contributed by atoms with Gasteiger partial charge in [-0.25, -0.2) is 9.59 Å². The molecule has 1 saturated heterocycles. The lowest BCUT2D eigenvalue weighted by Crippen LogP contribution is -2.36. The minimum atomic E-state index is -5.08. The highest BCUT2D eigenvalue weighted by Gasteiger charge is 2.38. The second kappa shape index (κ2) is 11.0. The number of aliphatic carboxylic acids is 1. The maximum atomic E-state index is 12.3. The number of alkyl halides is 3. The van der Waals surface area contributed by atoms with Crippen LogP contribution in [0.1, 0.15) is 28.5 Å². The maximum absolute atomic E-state index is 12.3. The molecule has 37 heavy (non-hydrogen) atoms. The van der Waals surface area contributed by atoms with Crippen molar-refractivity contribution in [3.05, 3.63) is 51.4 Å². The van der Waals surface area contributed by atoms with Gasteiger partial charge in [0.15, 0.2) is 5.56 Å². The molecule has 0 aliphatic carbocycles. The van der Waals surface area contributed by atoms with Gasteiger partial charge >= 0.3 is 18.1 Å². The standard InChI is InChI=1S/C22H25N3O5.C2HF3O2/c1-3-16-19(23-21(27)18(20(16)26)22(28)29)13-4-5-17-14(10-13)11-15(24(17)2)12-25-6-8-30-9-7-25;3-2(4,5)1(6)7/h4-5,10-11H,3,6-9,12H2,1-2H3,(H,28,29)(H2,23,26,27);(H,6,7). The Labute approximate surface area is 208 Å². The third kappa shape index (κ3) is 6.12. The Morgan fingerprint density at radius 1 is 1.14 bits per heavy atom. The van der Waals surface area contributed by atoms with E-state index in [1.165, 1.54) is 5.69 Å². The number of H-pyrrole nitrogens is 1. The highest BCUT2D eigenvalue weighted by atomic mass is 19.4. The lowest BCUT2D eigenvalue weighted by molar-refractivity contribution is -0.192. The van der Waals surface area contributed by atoms with E-state index in [1.54, 1.807) is 0 Å². The first kappa shape index (κ1) is 27.7. The van der Waals surface area contributed by atoms with Crippen LogP contribution in [0.15, 0.2) is 29.1 Å². The van der Waals surface area contributed by atoms with Crippen LogP contribution in [-0.2, 0) is 29.5 Å². The number of benzene rings is 1. The molecule has 4 N–H and O–H groups in total. The summed E-state index contributed by atoms with van der Waals surface area (Å²) < 4.78 is 39.3. The summed E-state index contributed by atoms with van der Waals surface area (Å²) >= 11 is 0. The molecule has 1 fully saturated rings. The summed E-state index contributed by atoms with van der Waals surface area (Å²) in [6, 6.07) is 7.95. The summed E-state index contributed by atoms with van der Waals surface area (Å²) in [5.41, 5.74) is 2.40. The Balaban J connectivity index is 0.000000479. The summed E-state index contributed by atoms with van der Waals surface area (Å²) in [6.45, 7) is 5.94. The lowest BCUT2D eigenvalue weighted by Gasteiger charge is -2.26. The van der Waals surface area contributed by atoms with E-state index in [4.69, 9.17) is 14.6 Å². The zero-order chi connectivity index (χ0) is 27.5. The molecule has 0 saturated carbocycles. The molecule has 1 aliphatic heterocycles. The maximum Gasteiger partial charge on any atom is 0.490 e. The molecule has 10 nitrogen and oxygen atoms in total. The van der Waals surface area contributed by atoms with Crippen molar-refractivity contribution in [1.82, 2.24) is 14.5 Å². The SMILES string of the molecule is CCc1c(-c2ccc3c(c2)cc(CN2CCOCC2)n3C)[nH]c(=O)c(C(=O)O)c1O.O=C(O)C(F)(F)F. The highest BCUT2D eigenvalue weighted by molar-refractivity contribution is 5.92. The third-order valence-corrected chi connectivity index (χ3v) is 6.02. The number of aromatic hydroxyl groups is 1. The van der Waals surface area contributed by atoms with Gasteiger partial charge in [0.2, 0.25) is 0 Å². The van der Waals surface area contributed by atoms with Gasteiger partial charge in [-0.3, -0.25) is 9.69 Å². The molecule has 0 bridgehead atoms. The van der Waals surface area contributed by atoms with Crippen molar-refractivity contribution in [3.63, 3.8) is 0 Å². The summed E-state index contributed by atoms with van der Waals surface area (Å²) in [5, 5.41) is 27.8. The number of halogens is 3. The molecular formula is C24H26F3N3O7. The van der Waals surface area contributed by atoms with Crippen LogP contribution in [0.3, 0.4) is 0 Å². The number of hydrogen-bond acceptors (Lipinski definition) is 6. The quantitative estimate of drug-likeness (QED) is 0.398. The molecule has 4 rings (SSSR count). The van der Waals surface area contributed by atoms with Crippen molar-refractivity contribution in [2.75, 3.05) is 26.3 Å². The molecular weight excluding hydrogens is 499 g/mol. The first-order valence-corrected chi connectivity index (χ1v) is 11.3. The van der Waals surface area contributed by atoms with E-state index in [2.05, 4.69) is 20.5 Å². The first-order chi connectivity index (χ1) is 17.3. The Morgan fingerprint density at radius 2 is 1.76 bits per heavy atom. The molecule has 0 atom stereocenters. The number of carboxylic acid groups (broad SMARTS) is 2. The average molecular weight is 525 g/mol. The van der Waals surface area contributed by atoms with E-state index in [9.17, 15) is 33.0 Å². The molecule has 0 radical (unpaired) electrons. The number of hydrogen-bond donors (Lipinski definition) is 4. The highest BCUT2D eigenvalue weighted by Crippen LogP contribution is 2.32. The number of aryl methyl sites for hydroxylation is 1. The minimum Gasteiger partial charge on any atom is -0.506 e. The number of aromatic nitrogens is 2. The van der Waals surface area contributed by atoms with Gasteiger partial charge in [-0.1, -0.05) is 13.0 Å². The van der Waals surface area contributed by atoms with Crippen molar-refractivity contribution in [1.29, 1.82) is 0 Å². The van der Waals surface area contributed by atoms with E-state index in [-0.39, 0.29) is 0 Å². The summed E-state index contributed by atoms with van der Waals surface area (Å²) in [4.78, 5) is 37.5. The number of nitrogens with one attached hydrogen (secondary N) is 1. The molecule has 200 valence electrons. The van der Waals surface area contributed by atoms with Crippen LogP contribution in [-0.4, -0.2) is 74.2 Å². The zero-order valence-electron chi connectivity index (χ0n) is 20.1. The number of carboxylic acids is 2. The molecule has 0 unspecified atom stereocenters. The number of pyridine rings is 1. The van der Waals surface area contributed by atoms with Crippen LogP contribution in [0.4, 0.5) is 13.2 Å². The number of ether oxygens (including phenoxy) is 1. The van der Waals surface area contributed by atoms with E-state index < -0.39 is 35.0 Å². The molecule has 2 aromatic heterocycles. The predicted molar refractivity (Wildman–Crippen MR) is 127 cm³/mol. The average Bonchev–Trinajstić information content (AvgIpc) is 3.13. The Bertz CT molecular complexity index is 1370. The van der Waals surface area contributed by atoms with Crippen LogP contribution in [0.5, 0.6) is 5.75 Å². The topological polar surface area (TPSA) is 145 Å². The molecule has 1 aromatic carbocycles. The molecule has 0 amide bonds. The largest absolute Gasteiger partial charge is 0.506 e. The van der Waals surface area contributed by atoms with Crippen LogP contribution in [0.25, 0.3) is 22.2 Å². The Kier molecular flexibility index (Phi) is 8.28. The van der Waals surface area contributed by atoms with E-state index in [1.807, 2.05) is 32.2 Å². The number of aromatic amines is 1. The van der Waals surface area contributed by atoms with Crippen molar-refractivity contribution < 1.29 is 42.8 Å². The van der Waals surface area contributed by atoms with Crippen LogP contribution in [0, 0.1) is 0 Å². The van der Waals surface area contributed by atoms with E-state index in [0.29, 0.717) is 17.7 Å². The van der Waals surface area contributed by atoms with Crippen molar-refractivity contribution in [2.45, 2.75) is 26.1 Å². The number of nitrogens with zero attached hydrogens (tertiary/aromatic N) is 2. The molecule has 0 spiro atoms. The van der Waals surface area contributed by atoms with Gasteiger partial charge in [0.25, 0.3) is 5.56 Å². The van der Waals surface area contributed by atoms with Crippen LogP contribution < -0.4 is 5.56 Å². The van der Waals surface area contributed by atoms with Gasteiger partial charge in [0.1, 0.15) is 5.75 Å². The number of morpholine rings is 1. The number of aromatic carboxylic acids is 1. The van der Waals surface area contributed by atoms with Crippen molar-refractivity contribution in [2.24, 2.45) is 7.05 Å². The first-order valence-electron chi connectivity index (χ1n) is 11.3. The Hall–Kier alpha value is -3.84. The van der Waals surface area contributed by atoms with Gasteiger partial charge in [-0.05, 0) is 30.2 Å².